The second kappa shape index (κ2) is 7.00. The molecule has 1 rings (SSSR count). The van der Waals surface area contributed by atoms with Gasteiger partial charge in [0.1, 0.15) is 0 Å². The Kier molecular flexibility index (Phi) is 5.56. The maximum atomic E-state index is 11.7. The predicted octanol–water partition coefficient (Wildman–Crippen LogP) is 0.887. The lowest BCUT2D eigenvalue weighted by Gasteiger charge is -2.15. The van der Waals surface area contributed by atoms with Gasteiger partial charge in [-0.15, -0.1) is 0 Å². The quantitative estimate of drug-likeness (QED) is 0.675. The molecule has 1 amide bonds. The Balaban J connectivity index is 2.20. The van der Waals surface area contributed by atoms with Crippen LogP contribution in [0.5, 0.6) is 0 Å². The molecule has 1 aromatic heterocycles. The van der Waals surface area contributed by atoms with Gasteiger partial charge in [0, 0.05) is 31.8 Å². The van der Waals surface area contributed by atoms with Crippen LogP contribution in [0.4, 0.5) is 0 Å². The minimum Gasteiger partial charge on any atom is -0.341 e. The lowest BCUT2D eigenvalue weighted by atomic mass is 10.2. The molecule has 0 radical (unpaired) electrons. The molecule has 0 aliphatic heterocycles. The van der Waals surface area contributed by atoms with E-state index in [0.29, 0.717) is 19.5 Å². The van der Waals surface area contributed by atoms with E-state index in [2.05, 4.69) is 10.2 Å². The Morgan fingerprint density at radius 3 is 2.94 bits per heavy atom. The molecule has 16 heavy (non-hydrogen) atoms. The first kappa shape index (κ1) is 12.7. The zero-order valence-electron chi connectivity index (χ0n) is 9.78. The van der Waals surface area contributed by atoms with Gasteiger partial charge in [0.2, 0.25) is 5.91 Å². The highest BCUT2D eigenvalue weighted by Crippen LogP contribution is 2.05. The van der Waals surface area contributed by atoms with E-state index in [-0.39, 0.29) is 5.91 Å². The van der Waals surface area contributed by atoms with Crippen molar-refractivity contribution in [1.29, 1.82) is 0 Å². The summed E-state index contributed by atoms with van der Waals surface area (Å²) in [5.41, 5.74) is 6.42. The lowest BCUT2D eigenvalue weighted by molar-refractivity contribution is -0.130. The summed E-state index contributed by atoms with van der Waals surface area (Å²) in [6.45, 7) is 1.32. The summed E-state index contributed by atoms with van der Waals surface area (Å²) in [7, 11) is 1.82. The van der Waals surface area contributed by atoms with E-state index in [9.17, 15) is 4.79 Å². The lowest BCUT2D eigenvalue weighted by Crippen LogP contribution is -2.25. The van der Waals surface area contributed by atoms with Gasteiger partial charge in [-0.05, 0) is 19.4 Å². The molecule has 5 heteroatoms. The summed E-state index contributed by atoms with van der Waals surface area (Å²) in [5.74, 6) is 0.179. The topological polar surface area (TPSA) is 75.0 Å². The molecule has 0 fully saturated rings. The highest BCUT2D eigenvalue weighted by atomic mass is 16.2. The van der Waals surface area contributed by atoms with Crippen LogP contribution >= 0.6 is 0 Å². The molecule has 0 bridgehead atoms. The normalized spacial score (nSPS) is 10.4. The predicted molar refractivity (Wildman–Crippen MR) is 62.6 cm³/mol. The Morgan fingerprint density at radius 2 is 2.31 bits per heavy atom. The summed E-state index contributed by atoms with van der Waals surface area (Å²) < 4.78 is 0. The molecule has 5 nitrogen and oxygen atoms in total. The van der Waals surface area contributed by atoms with Crippen LogP contribution in [0.1, 0.15) is 31.2 Å². The highest BCUT2D eigenvalue weighted by Gasteiger charge is 2.08. The molecule has 0 atom stereocenters. The van der Waals surface area contributed by atoms with Crippen molar-refractivity contribution in [3.63, 3.8) is 0 Å². The van der Waals surface area contributed by atoms with Gasteiger partial charge in [0.25, 0.3) is 0 Å². The molecule has 0 aromatic carbocycles. The number of carbonyl (C=O) groups excluding carboxylic acids is 1. The Hall–Kier alpha value is -1.36. The third-order valence-electron chi connectivity index (χ3n) is 2.50. The van der Waals surface area contributed by atoms with Crippen LogP contribution < -0.4 is 5.73 Å². The van der Waals surface area contributed by atoms with E-state index >= 15 is 0 Å². The molecule has 90 valence electrons. The van der Waals surface area contributed by atoms with Gasteiger partial charge in [-0.25, -0.2) is 0 Å². The Bertz CT molecular complexity index is 297. The van der Waals surface area contributed by atoms with Crippen LogP contribution in [0.25, 0.3) is 0 Å². The molecule has 0 spiro atoms. The molecule has 0 aliphatic carbocycles. The zero-order valence-corrected chi connectivity index (χ0v) is 9.78. The summed E-state index contributed by atoms with van der Waals surface area (Å²) >= 11 is 0. The number of rotatable bonds is 7. The first-order valence-electron chi connectivity index (χ1n) is 5.65. The Labute approximate surface area is 96.0 Å². The molecule has 0 unspecified atom stereocenters. The van der Waals surface area contributed by atoms with Crippen molar-refractivity contribution in [2.24, 2.45) is 5.73 Å². The van der Waals surface area contributed by atoms with Crippen molar-refractivity contribution in [2.45, 2.75) is 32.2 Å². The number of hydrogen-bond acceptors (Lipinski definition) is 3. The van der Waals surface area contributed by atoms with Gasteiger partial charge in [-0.2, -0.15) is 5.10 Å². The smallest absolute Gasteiger partial charge is 0.222 e. The van der Waals surface area contributed by atoms with Gasteiger partial charge in [-0.1, -0.05) is 6.42 Å². The fourth-order valence-electron chi connectivity index (χ4n) is 1.51. The van der Waals surface area contributed by atoms with Gasteiger partial charge < -0.3 is 10.6 Å². The van der Waals surface area contributed by atoms with E-state index < -0.39 is 0 Å². The maximum Gasteiger partial charge on any atom is 0.222 e. The van der Waals surface area contributed by atoms with Crippen LogP contribution in [-0.2, 0) is 11.3 Å². The minimum atomic E-state index is 0.179. The second-order valence-corrected chi connectivity index (χ2v) is 3.96. The largest absolute Gasteiger partial charge is 0.341 e. The van der Waals surface area contributed by atoms with Crippen molar-refractivity contribution in [1.82, 2.24) is 15.1 Å². The average molecular weight is 224 g/mol. The number of carbonyl (C=O) groups is 1. The highest BCUT2D eigenvalue weighted by molar-refractivity contribution is 5.75. The van der Waals surface area contributed by atoms with Gasteiger partial charge in [0.15, 0.2) is 0 Å². The maximum absolute atomic E-state index is 11.7. The van der Waals surface area contributed by atoms with Crippen LogP contribution in [0.15, 0.2) is 12.4 Å². The SMILES string of the molecule is CN(Cc1cn[nH]c1)C(=O)CCCCCN. The van der Waals surface area contributed by atoms with E-state index in [4.69, 9.17) is 5.73 Å². The number of unbranched alkanes of at least 4 members (excludes halogenated alkanes) is 2. The number of nitrogens with two attached hydrogens (primary N) is 1. The number of H-pyrrole nitrogens is 1. The van der Waals surface area contributed by atoms with Crippen LogP contribution in [0.3, 0.4) is 0 Å². The van der Waals surface area contributed by atoms with E-state index in [1.807, 2.05) is 7.05 Å². The first-order valence-corrected chi connectivity index (χ1v) is 5.65. The standard InChI is InChI=1S/C11H20N4O/c1-15(9-10-7-13-14-8-10)11(16)5-3-2-4-6-12/h7-8H,2-6,9,12H2,1H3,(H,13,14). The van der Waals surface area contributed by atoms with Gasteiger partial charge in [-0.3, -0.25) is 9.89 Å². The number of hydrogen-bond donors (Lipinski definition) is 2. The van der Waals surface area contributed by atoms with Crippen molar-refractivity contribution >= 4 is 5.91 Å². The summed E-state index contributed by atoms with van der Waals surface area (Å²) in [5, 5.41) is 6.58. The fraction of sp³-hybridized carbons (Fsp3) is 0.636. The van der Waals surface area contributed by atoms with Crippen LogP contribution in [-0.4, -0.2) is 34.6 Å². The molecule has 0 saturated carbocycles. The third kappa shape index (κ3) is 4.44. The van der Waals surface area contributed by atoms with Crippen molar-refractivity contribution in [3.05, 3.63) is 18.0 Å². The van der Waals surface area contributed by atoms with E-state index in [0.717, 1.165) is 24.8 Å². The van der Waals surface area contributed by atoms with Crippen molar-refractivity contribution < 1.29 is 4.79 Å². The first-order chi connectivity index (χ1) is 7.74. The van der Waals surface area contributed by atoms with Crippen LogP contribution in [0, 0.1) is 0 Å². The number of aromatic nitrogens is 2. The van der Waals surface area contributed by atoms with Gasteiger partial charge >= 0.3 is 0 Å². The second-order valence-electron chi connectivity index (χ2n) is 3.96. The molecule has 1 aromatic rings. The van der Waals surface area contributed by atoms with Gasteiger partial charge in [0.05, 0.1) is 6.20 Å². The third-order valence-corrected chi connectivity index (χ3v) is 2.50. The van der Waals surface area contributed by atoms with Crippen molar-refractivity contribution in [2.75, 3.05) is 13.6 Å². The van der Waals surface area contributed by atoms with Crippen molar-refractivity contribution in [3.8, 4) is 0 Å². The fourth-order valence-corrected chi connectivity index (χ4v) is 1.51. The average Bonchev–Trinajstić information content (AvgIpc) is 2.76. The molecular weight excluding hydrogens is 204 g/mol. The number of nitrogens with zero attached hydrogens (tertiary/aromatic N) is 2. The van der Waals surface area contributed by atoms with Crippen LogP contribution in [0.2, 0.25) is 0 Å². The monoisotopic (exact) mass is 224 g/mol. The summed E-state index contributed by atoms with van der Waals surface area (Å²) in [4.78, 5) is 13.4. The number of amides is 1. The summed E-state index contributed by atoms with van der Waals surface area (Å²) in [6.07, 6.45) is 7.09. The molecule has 3 N–H and O–H groups in total. The summed E-state index contributed by atoms with van der Waals surface area (Å²) in [6, 6.07) is 0. The van der Waals surface area contributed by atoms with E-state index in [1.165, 1.54) is 0 Å². The number of nitrogens with one attached hydrogen (secondary N) is 1. The molecule has 1 heterocycles. The number of aromatic amines is 1. The molecule has 0 aliphatic rings. The molecular formula is C11H20N4O. The Morgan fingerprint density at radius 1 is 1.50 bits per heavy atom. The van der Waals surface area contributed by atoms with E-state index in [1.54, 1.807) is 17.3 Å². The zero-order chi connectivity index (χ0) is 11.8. The minimum absolute atomic E-state index is 0.179. The molecule has 0 saturated heterocycles.